The van der Waals surface area contributed by atoms with E-state index in [9.17, 15) is 4.79 Å². The molecule has 9 nitrogen and oxygen atoms in total. The molecule has 0 radical (unpaired) electrons. The molecule has 0 aliphatic carbocycles. The first-order valence-corrected chi connectivity index (χ1v) is 12.6. The number of nitrogen functional groups attached to an aromatic ring is 1. The topological polar surface area (TPSA) is 111 Å². The number of benzene rings is 1. The number of anilines is 1. The fourth-order valence-electron chi connectivity index (χ4n) is 4.48. The van der Waals surface area contributed by atoms with Crippen molar-refractivity contribution in [2.24, 2.45) is 0 Å². The highest BCUT2D eigenvalue weighted by molar-refractivity contribution is 9.10. The summed E-state index contributed by atoms with van der Waals surface area (Å²) in [5.41, 5.74) is 11.9. The van der Waals surface area contributed by atoms with Gasteiger partial charge in [0.15, 0.2) is 5.65 Å². The van der Waals surface area contributed by atoms with Crippen molar-refractivity contribution < 1.29 is 9.53 Å². The van der Waals surface area contributed by atoms with E-state index < -0.39 is 0 Å². The van der Waals surface area contributed by atoms with Crippen LogP contribution in [-0.2, 0) is 11.3 Å². The Hall–Kier alpha value is -3.24. The van der Waals surface area contributed by atoms with Crippen LogP contribution in [0, 0.1) is 6.92 Å². The zero-order valence-electron chi connectivity index (χ0n) is 19.8. The van der Waals surface area contributed by atoms with Gasteiger partial charge in [-0.25, -0.2) is 9.78 Å². The molecule has 3 N–H and O–H groups in total. The maximum Gasteiger partial charge on any atom is 0.409 e. The van der Waals surface area contributed by atoms with Gasteiger partial charge < -0.3 is 20.7 Å². The Morgan fingerprint density at radius 1 is 1.26 bits per heavy atom. The molecule has 0 atom stereocenters. The second-order valence-corrected chi connectivity index (χ2v) is 9.61. The third-order valence-corrected chi connectivity index (χ3v) is 7.28. The van der Waals surface area contributed by atoms with Crippen LogP contribution in [0.2, 0.25) is 0 Å². The molecule has 4 heterocycles. The summed E-state index contributed by atoms with van der Waals surface area (Å²) in [5, 5.41) is 9.13. The maximum absolute atomic E-state index is 11.9. The standard InChI is InChI=1S/C25H28BrN7O2/c1-3-35-25(34)32-8-6-18(7-9-32)28-14-21-22(26)23(27)33-24(31-21)19(13-30-33)17-11-16-10-15(2)4-5-20(16)29-12-17/h4-5,10-13,18,28H,3,6-9,14,27H2,1-2H3. The number of likely N-dealkylation sites (tertiary alicyclic amines) is 1. The average molecular weight is 538 g/mol. The summed E-state index contributed by atoms with van der Waals surface area (Å²) in [4.78, 5) is 23.2. The highest BCUT2D eigenvalue weighted by Crippen LogP contribution is 2.31. The lowest BCUT2D eigenvalue weighted by Gasteiger charge is -2.31. The van der Waals surface area contributed by atoms with Crippen molar-refractivity contribution in [1.82, 2.24) is 29.8 Å². The number of aromatic nitrogens is 4. The van der Waals surface area contributed by atoms with Gasteiger partial charge in [-0.15, -0.1) is 0 Å². The first-order chi connectivity index (χ1) is 16.9. The minimum Gasteiger partial charge on any atom is -0.450 e. The molecule has 0 bridgehead atoms. The first kappa shape index (κ1) is 23.5. The Morgan fingerprint density at radius 3 is 2.83 bits per heavy atom. The van der Waals surface area contributed by atoms with E-state index in [2.05, 4.69) is 56.5 Å². The predicted molar refractivity (Wildman–Crippen MR) is 139 cm³/mol. The van der Waals surface area contributed by atoms with Gasteiger partial charge in [-0.05, 0) is 60.8 Å². The summed E-state index contributed by atoms with van der Waals surface area (Å²) in [7, 11) is 0. The molecule has 1 aliphatic rings. The fraction of sp³-hybridized carbons (Fsp3) is 0.360. The third kappa shape index (κ3) is 4.68. The summed E-state index contributed by atoms with van der Waals surface area (Å²) in [6.07, 6.45) is 5.11. The van der Waals surface area contributed by atoms with Crippen molar-refractivity contribution in [2.45, 2.75) is 39.3 Å². The number of fused-ring (bicyclic) bond motifs is 2. The predicted octanol–water partition coefficient (Wildman–Crippen LogP) is 4.31. The Bertz CT molecular complexity index is 1400. The van der Waals surface area contributed by atoms with Gasteiger partial charge >= 0.3 is 6.09 Å². The molecular weight excluding hydrogens is 510 g/mol. The Morgan fingerprint density at radius 2 is 2.06 bits per heavy atom. The number of ether oxygens (including phenoxy) is 1. The Kier molecular flexibility index (Phi) is 6.57. The van der Waals surface area contributed by atoms with Crippen molar-refractivity contribution >= 4 is 44.4 Å². The lowest BCUT2D eigenvalue weighted by atomic mass is 10.1. The molecule has 0 unspecified atom stereocenters. The van der Waals surface area contributed by atoms with E-state index in [0.717, 1.165) is 45.0 Å². The Labute approximate surface area is 211 Å². The van der Waals surface area contributed by atoms with Crippen molar-refractivity contribution in [1.29, 1.82) is 0 Å². The van der Waals surface area contributed by atoms with Crippen molar-refractivity contribution in [3.05, 3.63) is 52.4 Å². The van der Waals surface area contributed by atoms with E-state index in [0.29, 0.717) is 37.7 Å². The normalized spacial score (nSPS) is 14.7. The van der Waals surface area contributed by atoms with Gasteiger partial charge in [0.1, 0.15) is 5.82 Å². The number of aryl methyl sites for hydroxylation is 1. The van der Waals surface area contributed by atoms with E-state index in [4.69, 9.17) is 15.5 Å². The number of amides is 1. The summed E-state index contributed by atoms with van der Waals surface area (Å²) >= 11 is 3.61. The van der Waals surface area contributed by atoms with Gasteiger partial charge in [0.25, 0.3) is 0 Å². The van der Waals surface area contributed by atoms with Crippen LogP contribution in [0.5, 0.6) is 0 Å². The smallest absolute Gasteiger partial charge is 0.409 e. The Balaban J connectivity index is 1.37. The molecule has 35 heavy (non-hydrogen) atoms. The monoisotopic (exact) mass is 537 g/mol. The minimum absolute atomic E-state index is 0.236. The summed E-state index contributed by atoms with van der Waals surface area (Å²) < 4.78 is 7.49. The molecular formula is C25H28BrN7O2. The largest absolute Gasteiger partial charge is 0.450 e. The second-order valence-electron chi connectivity index (χ2n) is 8.81. The van der Waals surface area contributed by atoms with Crippen LogP contribution in [0.3, 0.4) is 0 Å². The molecule has 1 amide bonds. The number of nitrogens with one attached hydrogen (secondary N) is 1. The van der Waals surface area contributed by atoms with Crippen LogP contribution >= 0.6 is 15.9 Å². The molecule has 1 saturated heterocycles. The first-order valence-electron chi connectivity index (χ1n) is 11.8. The molecule has 182 valence electrons. The molecule has 4 aromatic rings. The molecule has 1 aliphatic heterocycles. The van der Waals surface area contributed by atoms with Crippen LogP contribution in [-0.4, -0.2) is 56.3 Å². The highest BCUT2D eigenvalue weighted by Gasteiger charge is 2.24. The van der Waals surface area contributed by atoms with Crippen LogP contribution < -0.4 is 11.1 Å². The lowest BCUT2D eigenvalue weighted by Crippen LogP contribution is -2.45. The van der Waals surface area contributed by atoms with Crippen LogP contribution in [0.25, 0.3) is 27.7 Å². The average Bonchev–Trinajstić information content (AvgIpc) is 3.29. The number of hydrogen-bond acceptors (Lipinski definition) is 7. The number of halogens is 1. The van der Waals surface area contributed by atoms with Crippen molar-refractivity contribution in [2.75, 3.05) is 25.4 Å². The van der Waals surface area contributed by atoms with Crippen molar-refractivity contribution in [3.8, 4) is 11.1 Å². The van der Waals surface area contributed by atoms with Gasteiger partial charge in [0, 0.05) is 48.4 Å². The van der Waals surface area contributed by atoms with E-state index in [1.165, 1.54) is 5.56 Å². The number of carbonyl (C=O) groups excluding carboxylic acids is 1. The minimum atomic E-state index is -0.236. The second kappa shape index (κ2) is 9.79. The molecule has 1 fully saturated rings. The molecule has 0 spiro atoms. The number of rotatable bonds is 5. The van der Waals surface area contributed by atoms with E-state index in [1.54, 1.807) is 15.6 Å². The van der Waals surface area contributed by atoms with Crippen LogP contribution in [0.4, 0.5) is 10.6 Å². The van der Waals surface area contributed by atoms with E-state index >= 15 is 0 Å². The number of piperidine rings is 1. The molecule has 0 saturated carbocycles. The number of pyridine rings is 1. The third-order valence-electron chi connectivity index (χ3n) is 6.42. The molecule has 3 aromatic heterocycles. The highest BCUT2D eigenvalue weighted by atomic mass is 79.9. The summed E-state index contributed by atoms with van der Waals surface area (Å²) in [6.45, 7) is 6.18. The molecule has 10 heteroatoms. The number of carbonyl (C=O) groups is 1. The van der Waals surface area contributed by atoms with Crippen molar-refractivity contribution in [3.63, 3.8) is 0 Å². The van der Waals surface area contributed by atoms with Gasteiger partial charge in [0.2, 0.25) is 0 Å². The number of nitrogens with two attached hydrogens (primary N) is 1. The summed E-state index contributed by atoms with van der Waals surface area (Å²) in [6, 6.07) is 8.60. The maximum atomic E-state index is 11.9. The van der Waals surface area contributed by atoms with E-state index in [-0.39, 0.29) is 12.1 Å². The number of nitrogens with zero attached hydrogens (tertiary/aromatic N) is 5. The van der Waals surface area contributed by atoms with Gasteiger partial charge in [-0.2, -0.15) is 9.61 Å². The fourth-order valence-corrected chi connectivity index (χ4v) is 4.88. The van der Waals surface area contributed by atoms with Crippen LogP contribution in [0.1, 0.15) is 31.0 Å². The van der Waals surface area contributed by atoms with Crippen LogP contribution in [0.15, 0.2) is 41.1 Å². The molecule has 1 aromatic carbocycles. The van der Waals surface area contributed by atoms with E-state index in [1.807, 2.05) is 19.2 Å². The zero-order chi connectivity index (χ0) is 24.5. The summed E-state index contributed by atoms with van der Waals surface area (Å²) in [5.74, 6) is 0.500. The SMILES string of the molecule is CCOC(=O)N1CCC(NCc2nc3c(-c4cnc5ccc(C)cc5c4)cnn3c(N)c2Br)CC1. The van der Waals surface area contributed by atoms with Gasteiger partial charge in [-0.3, -0.25) is 4.98 Å². The quantitative estimate of drug-likeness (QED) is 0.390. The van der Waals surface area contributed by atoms with Gasteiger partial charge in [0.05, 0.1) is 28.5 Å². The zero-order valence-corrected chi connectivity index (χ0v) is 21.4. The van der Waals surface area contributed by atoms with Gasteiger partial charge in [-0.1, -0.05) is 11.6 Å². The lowest BCUT2D eigenvalue weighted by molar-refractivity contribution is 0.0949. The molecule has 5 rings (SSSR count). The number of hydrogen-bond donors (Lipinski definition) is 2.